The number of ether oxygens (including phenoxy) is 1. The van der Waals surface area contributed by atoms with Crippen molar-refractivity contribution in [2.24, 2.45) is 0 Å². The molecule has 0 spiro atoms. The summed E-state index contributed by atoms with van der Waals surface area (Å²) in [6.07, 6.45) is 2.62. The molecule has 33 heavy (non-hydrogen) atoms. The second kappa shape index (κ2) is 10.2. The Labute approximate surface area is 200 Å². The molecule has 170 valence electrons. The Hall–Kier alpha value is -3.17. The molecule has 0 saturated heterocycles. The maximum atomic E-state index is 13.0. The Morgan fingerprint density at radius 3 is 2.64 bits per heavy atom. The smallest absolute Gasteiger partial charge is 0.337 e. The quantitative estimate of drug-likeness (QED) is 0.195. The monoisotopic (exact) mass is 480 g/mol. The van der Waals surface area contributed by atoms with E-state index in [1.807, 2.05) is 47.2 Å². The lowest BCUT2D eigenvalue weighted by molar-refractivity contribution is 0.0600. The summed E-state index contributed by atoms with van der Waals surface area (Å²) < 4.78 is 8.77. The molecule has 0 radical (unpaired) electrons. The van der Waals surface area contributed by atoms with Gasteiger partial charge in [-0.05, 0) is 62.0 Å². The van der Waals surface area contributed by atoms with E-state index in [0.29, 0.717) is 11.1 Å². The van der Waals surface area contributed by atoms with Crippen LogP contribution in [0.1, 0.15) is 37.0 Å². The van der Waals surface area contributed by atoms with Gasteiger partial charge in [0.05, 0.1) is 18.4 Å². The first-order chi connectivity index (χ1) is 16.0. The van der Waals surface area contributed by atoms with Crippen LogP contribution < -0.4 is 0 Å². The number of carbonyl (C=O) groups excluding carboxylic acids is 2. The van der Waals surface area contributed by atoms with Crippen LogP contribution in [-0.2, 0) is 17.7 Å². The van der Waals surface area contributed by atoms with Gasteiger partial charge in [0.1, 0.15) is 6.33 Å². The van der Waals surface area contributed by atoms with E-state index in [9.17, 15) is 9.59 Å². The normalized spacial score (nSPS) is 11.0. The van der Waals surface area contributed by atoms with Gasteiger partial charge in [-0.25, -0.2) is 4.79 Å². The zero-order valence-corrected chi connectivity index (χ0v) is 20.3. The van der Waals surface area contributed by atoms with Crippen LogP contribution >= 0.6 is 23.1 Å². The Morgan fingerprint density at radius 2 is 1.94 bits per heavy atom. The highest BCUT2D eigenvalue weighted by Crippen LogP contribution is 2.24. The van der Waals surface area contributed by atoms with E-state index in [1.54, 1.807) is 29.8 Å². The van der Waals surface area contributed by atoms with Gasteiger partial charge in [-0.3, -0.25) is 4.79 Å². The van der Waals surface area contributed by atoms with E-state index in [4.69, 9.17) is 4.74 Å². The lowest BCUT2D eigenvalue weighted by Gasteiger charge is -2.10. The van der Waals surface area contributed by atoms with Gasteiger partial charge in [0, 0.05) is 34.1 Å². The highest BCUT2D eigenvalue weighted by molar-refractivity contribution is 7.99. The van der Waals surface area contributed by atoms with E-state index in [2.05, 4.69) is 21.6 Å². The van der Waals surface area contributed by atoms with E-state index >= 15 is 0 Å². The number of hydrogen-bond donors (Lipinski definition) is 0. The van der Waals surface area contributed by atoms with Crippen LogP contribution in [0.25, 0.3) is 5.69 Å². The zero-order valence-electron chi connectivity index (χ0n) is 18.6. The van der Waals surface area contributed by atoms with Crippen molar-refractivity contribution in [1.29, 1.82) is 0 Å². The third-order valence-electron chi connectivity index (χ3n) is 5.37. The summed E-state index contributed by atoms with van der Waals surface area (Å²) in [5.41, 5.74) is 3.87. The van der Waals surface area contributed by atoms with Gasteiger partial charge >= 0.3 is 5.97 Å². The van der Waals surface area contributed by atoms with Crippen LogP contribution in [0.3, 0.4) is 0 Å². The molecule has 0 atom stereocenters. The van der Waals surface area contributed by atoms with Crippen LogP contribution in [0.5, 0.6) is 0 Å². The highest BCUT2D eigenvalue weighted by Gasteiger charge is 2.18. The summed E-state index contributed by atoms with van der Waals surface area (Å²) in [7, 11) is 1.36. The minimum absolute atomic E-state index is 0.0401. The number of benzene rings is 1. The number of thioether (sulfide) groups is 1. The number of aromatic nitrogens is 4. The first kappa shape index (κ1) is 23.0. The zero-order chi connectivity index (χ0) is 23.4. The molecule has 0 bridgehead atoms. The van der Waals surface area contributed by atoms with Gasteiger partial charge in [0.2, 0.25) is 0 Å². The van der Waals surface area contributed by atoms with E-state index in [-0.39, 0.29) is 17.5 Å². The Balaban J connectivity index is 1.45. The molecular weight excluding hydrogens is 456 g/mol. The van der Waals surface area contributed by atoms with Gasteiger partial charge < -0.3 is 13.9 Å². The maximum absolute atomic E-state index is 13.0. The van der Waals surface area contributed by atoms with Crippen molar-refractivity contribution < 1.29 is 14.3 Å². The Bertz CT molecular complexity index is 1260. The second-order valence-electron chi connectivity index (χ2n) is 7.51. The summed E-state index contributed by atoms with van der Waals surface area (Å²) in [4.78, 5) is 26.0. The van der Waals surface area contributed by atoms with Crippen molar-refractivity contribution in [1.82, 2.24) is 19.3 Å². The van der Waals surface area contributed by atoms with Gasteiger partial charge in [-0.1, -0.05) is 17.8 Å². The first-order valence-electron chi connectivity index (χ1n) is 10.4. The predicted molar refractivity (Wildman–Crippen MR) is 130 cm³/mol. The van der Waals surface area contributed by atoms with Crippen molar-refractivity contribution in [3.05, 3.63) is 81.6 Å². The summed E-state index contributed by atoms with van der Waals surface area (Å²) in [6, 6.07) is 13.2. The number of thiophene rings is 1. The van der Waals surface area contributed by atoms with Crippen LogP contribution in [0.2, 0.25) is 0 Å². The molecule has 0 N–H and O–H groups in total. The number of Topliss-reactive ketones (excluding diaryl/α,β-unsaturated/α-hetero) is 1. The van der Waals surface area contributed by atoms with Crippen molar-refractivity contribution in [3.63, 3.8) is 0 Å². The Kier molecular flexibility index (Phi) is 7.10. The standard InChI is InChI=1S/C24H24N4O3S2/c1-16-13-21(17(2)28(16)19-8-6-18(7-9-19)23(30)31-3)22(29)14-33-24-26-25-15-27(24)11-10-20-5-4-12-32-20/h4-9,12-13,15H,10-11,14H2,1-3H3. The van der Waals surface area contributed by atoms with Gasteiger partial charge in [0.15, 0.2) is 10.9 Å². The molecule has 0 amide bonds. The molecule has 0 aliphatic heterocycles. The predicted octanol–water partition coefficient (Wildman–Crippen LogP) is 4.75. The number of esters is 1. The van der Waals surface area contributed by atoms with Gasteiger partial charge in [0.25, 0.3) is 0 Å². The molecule has 4 aromatic rings. The van der Waals surface area contributed by atoms with Crippen LogP contribution in [0, 0.1) is 13.8 Å². The fraction of sp³-hybridized carbons (Fsp3) is 0.250. The largest absolute Gasteiger partial charge is 0.465 e. The molecule has 0 fully saturated rings. The molecule has 0 unspecified atom stereocenters. The summed E-state index contributed by atoms with van der Waals surface area (Å²) in [6.45, 7) is 4.68. The number of ketones is 1. The highest BCUT2D eigenvalue weighted by atomic mass is 32.2. The van der Waals surface area contributed by atoms with E-state index in [1.165, 1.54) is 23.7 Å². The molecule has 9 heteroatoms. The van der Waals surface area contributed by atoms with Crippen LogP contribution in [0.4, 0.5) is 0 Å². The number of rotatable bonds is 9. The number of nitrogens with zero attached hydrogens (tertiary/aromatic N) is 4. The van der Waals surface area contributed by atoms with Gasteiger partial charge in [-0.2, -0.15) is 0 Å². The van der Waals surface area contributed by atoms with Gasteiger partial charge in [-0.15, -0.1) is 21.5 Å². The number of methoxy groups -OCH3 is 1. The Morgan fingerprint density at radius 1 is 1.15 bits per heavy atom. The molecule has 4 rings (SSSR count). The average molecular weight is 481 g/mol. The maximum Gasteiger partial charge on any atom is 0.337 e. The fourth-order valence-electron chi connectivity index (χ4n) is 3.71. The van der Waals surface area contributed by atoms with E-state index in [0.717, 1.165) is 35.2 Å². The van der Waals surface area contributed by atoms with Crippen molar-refractivity contribution in [2.75, 3.05) is 12.9 Å². The topological polar surface area (TPSA) is 79.0 Å². The first-order valence-corrected chi connectivity index (χ1v) is 12.3. The minimum atomic E-state index is -0.376. The number of carbonyl (C=O) groups is 2. The third-order valence-corrected chi connectivity index (χ3v) is 7.29. The lowest BCUT2D eigenvalue weighted by atomic mass is 10.2. The number of hydrogen-bond acceptors (Lipinski definition) is 7. The average Bonchev–Trinajstić information content (AvgIpc) is 3.56. The fourth-order valence-corrected chi connectivity index (χ4v) is 5.23. The third kappa shape index (κ3) is 5.09. The molecule has 3 aromatic heterocycles. The molecular formula is C24H24N4O3S2. The molecule has 3 heterocycles. The summed E-state index contributed by atoms with van der Waals surface area (Å²) in [5, 5.41) is 11.0. The minimum Gasteiger partial charge on any atom is -0.465 e. The SMILES string of the molecule is COC(=O)c1ccc(-n2c(C)cc(C(=O)CSc3nncn3CCc3cccs3)c2C)cc1. The molecule has 7 nitrogen and oxygen atoms in total. The molecule has 0 aliphatic carbocycles. The summed E-state index contributed by atoms with van der Waals surface area (Å²) >= 11 is 3.14. The second-order valence-corrected chi connectivity index (χ2v) is 9.48. The van der Waals surface area contributed by atoms with Crippen LogP contribution in [-0.4, -0.2) is 43.9 Å². The molecule has 0 saturated carbocycles. The number of aryl methyl sites for hydroxylation is 3. The molecule has 1 aromatic carbocycles. The van der Waals surface area contributed by atoms with E-state index < -0.39 is 0 Å². The van der Waals surface area contributed by atoms with Crippen LogP contribution in [0.15, 0.2) is 59.3 Å². The van der Waals surface area contributed by atoms with Crippen molar-refractivity contribution in [2.45, 2.75) is 32.0 Å². The van der Waals surface area contributed by atoms with Crippen molar-refractivity contribution >= 4 is 34.9 Å². The molecule has 0 aliphatic rings. The summed E-state index contributed by atoms with van der Waals surface area (Å²) in [5.74, 6) is -0.0551. The lowest BCUT2D eigenvalue weighted by Crippen LogP contribution is -2.07. The van der Waals surface area contributed by atoms with Crippen molar-refractivity contribution in [3.8, 4) is 5.69 Å².